The van der Waals surface area contributed by atoms with Gasteiger partial charge in [-0.3, -0.25) is 4.79 Å². The quantitative estimate of drug-likeness (QED) is 0.874. The molecule has 1 heterocycles. The average Bonchev–Trinajstić information content (AvgIpc) is 2.88. The Morgan fingerprint density at radius 3 is 2.39 bits per heavy atom. The fraction of sp³-hybridized carbons (Fsp3) is 0.214. The minimum Gasteiger partial charge on any atom is -0.462 e. The molecule has 0 bridgehead atoms. The molecule has 0 radical (unpaired) electrons. The zero-order valence-electron chi connectivity index (χ0n) is 11.9. The Labute approximate surface area is 128 Å². The largest absolute Gasteiger partial charge is 0.462 e. The molecule has 0 aliphatic heterocycles. The van der Waals surface area contributed by atoms with Crippen molar-refractivity contribution in [2.75, 3.05) is 12.3 Å². The van der Waals surface area contributed by atoms with Gasteiger partial charge in [0.05, 0.1) is 18.4 Å². The lowest BCUT2D eigenvalue weighted by atomic mass is 10.1. The van der Waals surface area contributed by atoms with Crippen molar-refractivity contribution < 1.29 is 27.5 Å². The average molecular weight is 327 g/mol. The highest BCUT2D eigenvalue weighted by atomic mass is 19.4. The van der Waals surface area contributed by atoms with Crippen LogP contribution in [0.4, 0.5) is 19.0 Å². The Morgan fingerprint density at radius 1 is 1.26 bits per heavy atom. The Kier molecular flexibility index (Phi) is 4.39. The number of anilines is 1. The van der Waals surface area contributed by atoms with E-state index >= 15 is 0 Å². The fourth-order valence-electron chi connectivity index (χ4n) is 1.81. The Balaban J connectivity index is 2.29. The molecule has 6 nitrogen and oxygen atoms in total. The molecule has 0 fully saturated rings. The molecule has 0 spiro atoms. The number of ether oxygens (including phenoxy) is 1. The summed E-state index contributed by atoms with van der Waals surface area (Å²) in [5, 5.41) is 3.69. The highest BCUT2D eigenvalue weighted by Crippen LogP contribution is 2.29. The van der Waals surface area contributed by atoms with E-state index in [0.29, 0.717) is 0 Å². The van der Waals surface area contributed by atoms with E-state index in [2.05, 4.69) is 5.10 Å². The number of hydrogen-bond donors (Lipinski definition) is 1. The first kappa shape index (κ1) is 16.5. The van der Waals surface area contributed by atoms with Gasteiger partial charge in [-0.15, -0.1) is 0 Å². The number of rotatable bonds is 3. The number of nitrogens with zero attached hydrogens (tertiary/aromatic N) is 2. The summed E-state index contributed by atoms with van der Waals surface area (Å²) in [6, 6.07) is 3.57. The molecule has 9 heteroatoms. The predicted octanol–water partition coefficient (Wildman–Crippen LogP) is 2.35. The molecule has 0 amide bonds. The number of alkyl halides is 3. The molecule has 0 aliphatic carbocycles. The molecular weight excluding hydrogens is 315 g/mol. The third-order valence-corrected chi connectivity index (χ3v) is 2.95. The van der Waals surface area contributed by atoms with Crippen LogP contribution in [0.3, 0.4) is 0 Å². The standard InChI is InChI=1S/C14H12F3N3O3/c1-2-23-13(22)10-7-19-20(11(10)18)12(21)8-3-5-9(6-4-8)14(15,16)17/h3-7H,2,18H2,1H3. The van der Waals surface area contributed by atoms with E-state index < -0.39 is 23.6 Å². The lowest BCUT2D eigenvalue weighted by molar-refractivity contribution is -0.137. The molecule has 0 atom stereocenters. The third kappa shape index (κ3) is 3.33. The molecule has 0 aliphatic rings. The van der Waals surface area contributed by atoms with Crippen molar-refractivity contribution in [2.24, 2.45) is 0 Å². The summed E-state index contributed by atoms with van der Waals surface area (Å²) >= 11 is 0. The first-order chi connectivity index (χ1) is 10.8. The zero-order valence-corrected chi connectivity index (χ0v) is 11.9. The van der Waals surface area contributed by atoms with Gasteiger partial charge in [-0.1, -0.05) is 0 Å². The van der Waals surface area contributed by atoms with Gasteiger partial charge in [-0.25, -0.2) is 4.79 Å². The summed E-state index contributed by atoms with van der Waals surface area (Å²) in [5.41, 5.74) is 4.65. The van der Waals surface area contributed by atoms with E-state index in [1.165, 1.54) is 0 Å². The second kappa shape index (κ2) is 6.11. The Hall–Kier alpha value is -2.84. The summed E-state index contributed by atoms with van der Waals surface area (Å²) in [5.74, 6) is -1.74. The van der Waals surface area contributed by atoms with Crippen LogP contribution in [0.5, 0.6) is 0 Å². The number of hydrogen-bond acceptors (Lipinski definition) is 5. The van der Waals surface area contributed by atoms with E-state index in [0.717, 1.165) is 35.1 Å². The van der Waals surface area contributed by atoms with E-state index in [9.17, 15) is 22.8 Å². The molecule has 0 unspecified atom stereocenters. The van der Waals surface area contributed by atoms with E-state index in [-0.39, 0.29) is 23.6 Å². The monoisotopic (exact) mass is 327 g/mol. The number of nitrogens with two attached hydrogens (primary N) is 1. The van der Waals surface area contributed by atoms with Gasteiger partial charge < -0.3 is 10.5 Å². The smallest absolute Gasteiger partial charge is 0.416 e. The van der Waals surface area contributed by atoms with Crippen molar-refractivity contribution in [3.63, 3.8) is 0 Å². The van der Waals surface area contributed by atoms with Crippen LogP contribution in [0.1, 0.15) is 33.2 Å². The van der Waals surface area contributed by atoms with Crippen LogP contribution in [0.15, 0.2) is 30.5 Å². The number of aromatic nitrogens is 2. The van der Waals surface area contributed by atoms with Gasteiger partial charge in [-0.2, -0.15) is 23.0 Å². The Bertz CT molecular complexity index is 736. The summed E-state index contributed by atoms with van der Waals surface area (Å²) in [4.78, 5) is 23.8. The molecule has 2 rings (SSSR count). The van der Waals surface area contributed by atoms with Crippen LogP contribution >= 0.6 is 0 Å². The number of carbonyl (C=O) groups excluding carboxylic acids is 2. The van der Waals surface area contributed by atoms with Gasteiger partial charge in [0.15, 0.2) is 0 Å². The maximum atomic E-state index is 12.5. The highest BCUT2D eigenvalue weighted by molar-refractivity contribution is 6.01. The molecule has 2 aromatic rings. The zero-order chi connectivity index (χ0) is 17.2. The molecular formula is C14H12F3N3O3. The summed E-state index contributed by atoms with van der Waals surface area (Å²) in [6.07, 6.45) is -3.43. The second-order valence-electron chi connectivity index (χ2n) is 4.46. The first-order valence-electron chi connectivity index (χ1n) is 6.48. The van der Waals surface area contributed by atoms with Crippen molar-refractivity contribution in [2.45, 2.75) is 13.1 Å². The van der Waals surface area contributed by atoms with Gasteiger partial charge in [0.2, 0.25) is 0 Å². The van der Waals surface area contributed by atoms with Gasteiger partial charge in [-0.05, 0) is 31.2 Å². The minimum atomic E-state index is -4.50. The van der Waals surface area contributed by atoms with Crippen LogP contribution in [-0.2, 0) is 10.9 Å². The molecule has 2 N–H and O–H groups in total. The maximum absolute atomic E-state index is 12.5. The van der Waals surface area contributed by atoms with E-state index in [4.69, 9.17) is 10.5 Å². The molecule has 0 saturated heterocycles. The number of benzene rings is 1. The molecule has 122 valence electrons. The maximum Gasteiger partial charge on any atom is 0.416 e. The SMILES string of the molecule is CCOC(=O)c1cnn(C(=O)c2ccc(C(F)(F)F)cc2)c1N. The lowest BCUT2D eigenvalue weighted by Gasteiger charge is -2.08. The molecule has 0 saturated carbocycles. The van der Waals surface area contributed by atoms with Crippen molar-refractivity contribution in [1.82, 2.24) is 9.78 Å². The van der Waals surface area contributed by atoms with Crippen LogP contribution in [0.2, 0.25) is 0 Å². The highest BCUT2D eigenvalue weighted by Gasteiger charge is 2.30. The number of carbonyl (C=O) groups is 2. The van der Waals surface area contributed by atoms with E-state index in [1.54, 1.807) is 6.92 Å². The number of nitrogen functional groups attached to an aromatic ring is 1. The summed E-state index contributed by atoms with van der Waals surface area (Å²) in [6.45, 7) is 1.72. The van der Waals surface area contributed by atoms with Crippen LogP contribution in [-0.4, -0.2) is 28.3 Å². The van der Waals surface area contributed by atoms with Crippen molar-refractivity contribution in [3.05, 3.63) is 47.2 Å². The lowest BCUT2D eigenvalue weighted by Crippen LogP contribution is -2.17. The molecule has 1 aromatic carbocycles. The van der Waals surface area contributed by atoms with Gasteiger partial charge in [0, 0.05) is 5.56 Å². The van der Waals surface area contributed by atoms with Crippen LogP contribution in [0.25, 0.3) is 0 Å². The van der Waals surface area contributed by atoms with Crippen LogP contribution < -0.4 is 5.73 Å². The van der Waals surface area contributed by atoms with Gasteiger partial charge >= 0.3 is 12.1 Å². The normalized spacial score (nSPS) is 11.3. The number of halogens is 3. The van der Waals surface area contributed by atoms with Crippen molar-refractivity contribution >= 4 is 17.7 Å². The van der Waals surface area contributed by atoms with Crippen molar-refractivity contribution in [1.29, 1.82) is 0 Å². The van der Waals surface area contributed by atoms with Gasteiger partial charge in [0.25, 0.3) is 5.91 Å². The first-order valence-corrected chi connectivity index (χ1v) is 6.48. The third-order valence-electron chi connectivity index (χ3n) is 2.95. The Morgan fingerprint density at radius 2 is 1.87 bits per heavy atom. The van der Waals surface area contributed by atoms with Crippen LogP contribution in [0, 0.1) is 0 Å². The second-order valence-corrected chi connectivity index (χ2v) is 4.46. The summed E-state index contributed by atoms with van der Waals surface area (Å²) in [7, 11) is 0. The number of esters is 1. The molecule has 23 heavy (non-hydrogen) atoms. The topological polar surface area (TPSA) is 87.2 Å². The summed E-state index contributed by atoms with van der Waals surface area (Å²) < 4.78 is 43.0. The van der Waals surface area contributed by atoms with E-state index in [1.807, 2.05) is 0 Å². The van der Waals surface area contributed by atoms with Gasteiger partial charge in [0.1, 0.15) is 11.4 Å². The molecule has 1 aromatic heterocycles. The fourth-order valence-corrected chi connectivity index (χ4v) is 1.81. The predicted molar refractivity (Wildman–Crippen MR) is 73.8 cm³/mol. The minimum absolute atomic E-state index is 0.0526. The van der Waals surface area contributed by atoms with Crippen molar-refractivity contribution in [3.8, 4) is 0 Å².